The maximum atomic E-state index is 14.0. The van der Waals surface area contributed by atoms with Crippen LogP contribution in [0.5, 0.6) is 0 Å². The third-order valence-electron chi connectivity index (χ3n) is 6.01. The smallest absolute Gasteiger partial charge is 0.338 e. The number of aromatic nitrogens is 2. The summed E-state index contributed by atoms with van der Waals surface area (Å²) in [5.41, 5.74) is 0.713. The molecule has 2 aromatic carbocycles. The summed E-state index contributed by atoms with van der Waals surface area (Å²) in [6.45, 7) is 0.0746. The van der Waals surface area contributed by atoms with E-state index in [0.717, 1.165) is 31.5 Å². The van der Waals surface area contributed by atoms with E-state index in [-0.39, 0.29) is 28.3 Å². The minimum absolute atomic E-state index is 0.0587. The molecule has 0 N–H and O–H groups in total. The number of fused-ring (bicyclic) bond motifs is 2. The van der Waals surface area contributed by atoms with Gasteiger partial charge in [-0.1, -0.05) is 30.5 Å². The van der Waals surface area contributed by atoms with E-state index >= 15 is 0 Å². The van der Waals surface area contributed by atoms with Crippen molar-refractivity contribution in [2.75, 3.05) is 13.7 Å². The lowest BCUT2D eigenvalue weighted by molar-refractivity contribution is -0.133. The molecular formula is C25H25ClFN3O4. The van der Waals surface area contributed by atoms with Gasteiger partial charge in [-0.3, -0.25) is 14.2 Å². The highest BCUT2D eigenvalue weighted by atomic mass is 35.5. The van der Waals surface area contributed by atoms with Crippen molar-refractivity contribution in [1.29, 1.82) is 0 Å². The first-order chi connectivity index (χ1) is 16.3. The molecule has 0 atom stereocenters. The lowest BCUT2D eigenvalue weighted by Crippen LogP contribution is -2.31. The van der Waals surface area contributed by atoms with Gasteiger partial charge in [0.15, 0.2) is 6.61 Å². The average Bonchev–Trinajstić information content (AvgIpc) is 2.80. The highest BCUT2D eigenvalue weighted by Gasteiger charge is 2.18. The summed E-state index contributed by atoms with van der Waals surface area (Å²) in [4.78, 5) is 43.8. The summed E-state index contributed by atoms with van der Waals surface area (Å²) in [6, 6.07) is 8.87. The number of amides is 1. The molecule has 0 aliphatic carbocycles. The van der Waals surface area contributed by atoms with Gasteiger partial charge in [0.05, 0.1) is 16.5 Å². The molecule has 4 rings (SSSR count). The molecule has 7 nitrogen and oxygen atoms in total. The van der Waals surface area contributed by atoms with Crippen molar-refractivity contribution in [3.8, 4) is 0 Å². The molecule has 0 spiro atoms. The summed E-state index contributed by atoms with van der Waals surface area (Å²) in [7, 11) is 1.47. The van der Waals surface area contributed by atoms with Gasteiger partial charge >= 0.3 is 5.97 Å². The van der Waals surface area contributed by atoms with E-state index in [2.05, 4.69) is 4.98 Å². The molecule has 34 heavy (non-hydrogen) atoms. The van der Waals surface area contributed by atoms with Gasteiger partial charge in [0, 0.05) is 37.1 Å². The van der Waals surface area contributed by atoms with Crippen LogP contribution in [0.25, 0.3) is 10.9 Å². The Balaban J connectivity index is 1.46. The summed E-state index contributed by atoms with van der Waals surface area (Å²) >= 11 is 6.01. The first kappa shape index (κ1) is 23.9. The number of aryl methyl sites for hydroxylation is 1. The lowest BCUT2D eigenvalue weighted by Gasteiger charge is -2.18. The molecule has 1 aliphatic heterocycles. The third-order valence-corrected chi connectivity index (χ3v) is 6.37. The maximum Gasteiger partial charge on any atom is 0.338 e. The molecule has 1 aromatic heterocycles. The van der Waals surface area contributed by atoms with Crippen molar-refractivity contribution in [3.05, 3.63) is 74.5 Å². The van der Waals surface area contributed by atoms with E-state index < -0.39 is 24.3 Å². The van der Waals surface area contributed by atoms with Gasteiger partial charge in [-0.15, -0.1) is 0 Å². The molecule has 3 aromatic rings. The lowest BCUT2D eigenvalue weighted by atomic mass is 10.1. The minimum Gasteiger partial charge on any atom is -0.452 e. The van der Waals surface area contributed by atoms with Crippen molar-refractivity contribution in [1.82, 2.24) is 14.5 Å². The average molecular weight is 486 g/mol. The van der Waals surface area contributed by atoms with Crippen LogP contribution in [0, 0.1) is 5.82 Å². The van der Waals surface area contributed by atoms with Crippen molar-refractivity contribution in [2.45, 2.75) is 45.2 Å². The number of hydrogen-bond acceptors (Lipinski definition) is 5. The summed E-state index contributed by atoms with van der Waals surface area (Å²) in [5.74, 6) is -1.00. The zero-order valence-electron chi connectivity index (χ0n) is 18.9. The van der Waals surface area contributed by atoms with Crippen LogP contribution in [0.15, 0.2) is 41.2 Å². The summed E-state index contributed by atoms with van der Waals surface area (Å²) < 4.78 is 20.9. The molecule has 1 aliphatic rings. The van der Waals surface area contributed by atoms with Crippen molar-refractivity contribution in [2.24, 2.45) is 0 Å². The fourth-order valence-electron chi connectivity index (χ4n) is 4.05. The van der Waals surface area contributed by atoms with E-state index in [9.17, 15) is 18.8 Å². The van der Waals surface area contributed by atoms with Crippen LogP contribution in [0.4, 0.5) is 4.39 Å². The Morgan fingerprint density at radius 3 is 2.76 bits per heavy atom. The monoisotopic (exact) mass is 485 g/mol. The van der Waals surface area contributed by atoms with Crippen LogP contribution in [0.2, 0.25) is 5.02 Å². The van der Waals surface area contributed by atoms with Gasteiger partial charge in [0.1, 0.15) is 11.6 Å². The number of esters is 1. The second-order valence-corrected chi connectivity index (χ2v) is 8.81. The van der Waals surface area contributed by atoms with Crippen molar-refractivity contribution < 1.29 is 18.7 Å². The molecule has 0 saturated heterocycles. The van der Waals surface area contributed by atoms with Gasteiger partial charge < -0.3 is 9.64 Å². The molecule has 0 radical (unpaired) electrons. The summed E-state index contributed by atoms with van der Waals surface area (Å²) in [5, 5.41) is 0.656. The van der Waals surface area contributed by atoms with Crippen LogP contribution in [0.3, 0.4) is 0 Å². The first-order valence-corrected chi connectivity index (χ1v) is 11.6. The molecule has 0 saturated carbocycles. The maximum absolute atomic E-state index is 14.0. The Labute approximate surface area is 201 Å². The molecule has 0 fully saturated rings. The highest BCUT2D eigenvalue weighted by Crippen LogP contribution is 2.21. The third kappa shape index (κ3) is 5.12. The van der Waals surface area contributed by atoms with E-state index in [0.29, 0.717) is 23.9 Å². The number of benzene rings is 2. The van der Waals surface area contributed by atoms with Gasteiger partial charge in [-0.05, 0) is 43.2 Å². The number of nitrogens with zero attached hydrogens (tertiary/aromatic N) is 3. The Morgan fingerprint density at radius 1 is 1.18 bits per heavy atom. The van der Waals surface area contributed by atoms with Gasteiger partial charge in [0.25, 0.3) is 11.5 Å². The molecule has 0 bridgehead atoms. The Kier molecular flexibility index (Phi) is 7.26. The fourth-order valence-corrected chi connectivity index (χ4v) is 4.27. The van der Waals surface area contributed by atoms with E-state index in [1.807, 2.05) is 0 Å². The summed E-state index contributed by atoms with van der Waals surface area (Å²) in [6.07, 6.45) is 4.82. The highest BCUT2D eigenvalue weighted by molar-refractivity contribution is 6.31. The van der Waals surface area contributed by atoms with E-state index in [1.54, 1.807) is 16.7 Å². The molecule has 2 heterocycles. The standard InChI is InChI=1S/C25H25ClFN3O4/c1-29(14-18-19(26)7-6-8-20(18)27)23(31)15-34-25(33)16-10-11-17-21(13-16)28-22-9-4-2-3-5-12-30(22)24(17)32/h6-8,10-11,13H,2-5,9,12,14-15H2,1H3. The Hall–Kier alpha value is -3.26. The van der Waals surface area contributed by atoms with E-state index in [4.69, 9.17) is 16.3 Å². The van der Waals surface area contributed by atoms with Gasteiger partial charge in [-0.25, -0.2) is 14.2 Å². The SMILES string of the molecule is CN(Cc1c(F)cccc1Cl)C(=O)COC(=O)c1ccc2c(=O)n3c(nc2c1)CCCCCC3. The van der Waals surface area contributed by atoms with E-state index in [1.165, 1.54) is 36.2 Å². The zero-order chi connectivity index (χ0) is 24.2. The topological polar surface area (TPSA) is 81.5 Å². The predicted molar refractivity (Wildman–Crippen MR) is 126 cm³/mol. The Bertz CT molecular complexity index is 1290. The number of rotatable bonds is 5. The zero-order valence-corrected chi connectivity index (χ0v) is 19.6. The van der Waals surface area contributed by atoms with Crippen LogP contribution >= 0.6 is 11.6 Å². The van der Waals surface area contributed by atoms with Crippen LogP contribution in [-0.2, 0) is 29.0 Å². The van der Waals surface area contributed by atoms with Crippen molar-refractivity contribution in [3.63, 3.8) is 0 Å². The minimum atomic E-state index is -0.707. The number of ether oxygens (including phenoxy) is 1. The molecule has 9 heteroatoms. The van der Waals surface area contributed by atoms with Crippen LogP contribution < -0.4 is 5.56 Å². The second kappa shape index (κ2) is 10.3. The predicted octanol–water partition coefficient (Wildman–Crippen LogP) is 4.12. The van der Waals surface area contributed by atoms with Crippen molar-refractivity contribution >= 4 is 34.4 Å². The molecular weight excluding hydrogens is 461 g/mol. The number of carbonyl (C=O) groups excluding carboxylic acids is 2. The quantitative estimate of drug-likeness (QED) is 0.508. The van der Waals surface area contributed by atoms with Crippen LogP contribution in [-0.4, -0.2) is 40.0 Å². The number of hydrogen-bond donors (Lipinski definition) is 0. The normalized spacial score (nSPS) is 13.6. The number of halogens is 2. The Morgan fingerprint density at radius 2 is 1.97 bits per heavy atom. The fraction of sp³-hybridized carbons (Fsp3) is 0.360. The first-order valence-electron chi connectivity index (χ1n) is 11.2. The second-order valence-electron chi connectivity index (χ2n) is 8.41. The largest absolute Gasteiger partial charge is 0.452 e. The molecule has 1 amide bonds. The van der Waals surface area contributed by atoms with Gasteiger partial charge in [-0.2, -0.15) is 0 Å². The van der Waals surface area contributed by atoms with Crippen LogP contribution in [0.1, 0.15) is 47.4 Å². The number of carbonyl (C=O) groups is 2. The molecule has 178 valence electrons. The number of likely N-dealkylation sites (N-methyl/N-ethyl adjacent to an activating group) is 1. The molecule has 0 unspecified atom stereocenters. The van der Waals surface area contributed by atoms with Gasteiger partial charge in [0.2, 0.25) is 0 Å².